The van der Waals surface area contributed by atoms with Crippen molar-refractivity contribution in [2.45, 2.75) is 20.4 Å². The fourth-order valence-corrected chi connectivity index (χ4v) is 1.21. The minimum atomic E-state index is 0.317. The quantitative estimate of drug-likeness (QED) is 0.814. The van der Waals surface area contributed by atoms with E-state index in [1.54, 1.807) is 4.68 Å². The molecule has 0 aromatic carbocycles. The largest absolute Gasteiger partial charge is 0.366 e. The van der Waals surface area contributed by atoms with E-state index in [4.69, 9.17) is 5.73 Å². The number of rotatable bonds is 2. The van der Waals surface area contributed by atoms with Crippen LogP contribution >= 0.6 is 15.9 Å². The van der Waals surface area contributed by atoms with Gasteiger partial charge in [-0.2, -0.15) is 4.98 Å². The Balaban J connectivity index is 2.77. The molecule has 0 aliphatic rings. The van der Waals surface area contributed by atoms with Gasteiger partial charge in [0.05, 0.1) is 0 Å². The van der Waals surface area contributed by atoms with Crippen LogP contribution < -0.4 is 5.73 Å². The van der Waals surface area contributed by atoms with Crippen LogP contribution in [0.2, 0.25) is 0 Å². The molecule has 0 spiro atoms. The Morgan fingerprint density at radius 1 is 1.64 bits per heavy atom. The molecule has 1 aromatic rings. The van der Waals surface area contributed by atoms with E-state index in [0.29, 0.717) is 16.6 Å². The summed E-state index contributed by atoms with van der Waals surface area (Å²) in [5, 5.41) is 3.99. The lowest BCUT2D eigenvalue weighted by Gasteiger charge is -2.03. The summed E-state index contributed by atoms with van der Waals surface area (Å²) in [6, 6.07) is 0. The molecule has 0 atom stereocenters. The number of halogens is 1. The van der Waals surface area contributed by atoms with Crippen molar-refractivity contribution in [2.75, 3.05) is 5.73 Å². The second-order valence-electron chi connectivity index (χ2n) is 2.81. The Bertz CT molecular complexity index is 243. The Morgan fingerprint density at radius 2 is 2.27 bits per heavy atom. The molecular weight excluding hydrogens is 208 g/mol. The Hall–Kier alpha value is -0.580. The highest BCUT2D eigenvalue weighted by atomic mass is 79.9. The molecule has 0 radical (unpaired) electrons. The molecule has 62 valence electrons. The van der Waals surface area contributed by atoms with Crippen LogP contribution in [0.5, 0.6) is 0 Å². The zero-order valence-corrected chi connectivity index (χ0v) is 8.17. The smallest absolute Gasteiger partial charge is 0.240 e. The van der Waals surface area contributed by atoms with Crippen LogP contribution in [0.4, 0.5) is 5.95 Å². The number of hydrogen-bond donors (Lipinski definition) is 1. The predicted octanol–water partition coefficient (Wildman–Crippen LogP) is 1.28. The summed E-state index contributed by atoms with van der Waals surface area (Å²) in [6.07, 6.45) is 0. The normalized spacial score (nSPS) is 10.9. The molecule has 4 nitrogen and oxygen atoms in total. The highest BCUT2D eigenvalue weighted by Gasteiger charge is 2.04. The Morgan fingerprint density at radius 3 is 2.64 bits per heavy atom. The van der Waals surface area contributed by atoms with E-state index in [9.17, 15) is 0 Å². The second-order valence-corrected chi connectivity index (χ2v) is 3.52. The van der Waals surface area contributed by atoms with Gasteiger partial charge < -0.3 is 5.73 Å². The van der Waals surface area contributed by atoms with Crippen molar-refractivity contribution >= 4 is 21.9 Å². The molecule has 1 aromatic heterocycles. The molecule has 0 bridgehead atoms. The van der Waals surface area contributed by atoms with Gasteiger partial charge in [-0.15, -0.1) is 5.10 Å². The van der Waals surface area contributed by atoms with E-state index in [1.165, 1.54) is 0 Å². The fourth-order valence-electron chi connectivity index (χ4n) is 0.802. The van der Waals surface area contributed by atoms with Gasteiger partial charge in [0.1, 0.15) is 0 Å². The number of nitrogens with two attached hydrogens (primary N) is 1. The Kier molecular flexibility index (Phi) is 2.49. The first-order chi connectivity index (χ1) is 5.09. The number of anilines is 1. The highest BCUT2D eigenvalue weighted by Crippen LogP contribution is 2.09. The van der Waals surface area contributed by atoms with Crippen molar-refractivity contribution in [1.29, 1.82) is 0 Å². The van der Waals surface area contributed by atoms with Gasteiger partial charge in [-0.3, -0.25) is 0 Å². The highest BCUT2D eigenvalue weighted by molar-refractivity contribution is 9.10. The standard InChI is InChI=1S/C6H11BrN4/c1-4(2)3-11-5(7)9-6(8)10-11/h4H,3H2,1-2H3,(H2,8,10). The van der Waals surface area contributed by atoms with E-state index < -0.39 is 0 Å². The van der Waals surface area contributed by atoms with Crippen LogP contribution in [0, 0.1) is 5.92 Å². The van der Waals surface area contributed by atoms with Crippen LogP contribution in [0.25, 0.3) is 0 Å². The monoisotopic (exact) mass is 218 g/mol. The molecular formula is C6H11BrN4. The van der Waals surface area contributed by atoms with Gasteiger partial charge in [0.15, 0.2) is 4.73 Å². The van der Waals surface area contributed by atoms with Crippen molar-refractivity contribution in [3.8, 4) is 0 Å². The van der Waals surface area contributed by atoms with Gasteiger partial charge in [-0.05, 0) is 21.8 Å². The first-order valence-electron chi connectivity index (χ1n) is 3.45. The summed E-state index contributed by atoms with van der Waals surface area (Å²) < 4.78 is 2.45. The lowest BCUT2D eigenvalue weighted by atomic mass is 10.2. The molecule has 0 amide bonds. The summed E-state index contributed by atoms with van der Waals surface area (Å²) in [6.45, 7) is 5.07. The maximum atomic E-state index is 5.38. The maximum absolute atomic E-state index is 5.38. The molecule has 0 aliphatic heterocycles. The molecule has 11 heavy (non-hydrogen) atoms. The number of hydrogen-bond acceptors (Lipinski definition) is 3. The molecule has 0 aliphatic carbocycles. The lowest BCUT2D eigenvalue weighted by molar-refractivity contribution is 0.475. The maximum Gasteiger partial charge on any atom is 0.240 e. The van der Waals surface area contributed by atoms with Crippen molar-refractivity contribution in [3.63, 3.8) is 0 Å². The number of nitrogens with zero attached hydrogens (tertiary/aromatic N) is 3. The molecule has 1 heterocycles. The molecule has 1 rings (SSSR count). The molecule has 2 N–H and O–H groups in total. The molecule has 5 heteroatoms. The van der Waals surface area contributed by atoms with Gasteiger partial charge in [0, 0.05) is 6.54 Å². The van der Waals surface area contributed by atoms with Gasteiger partial charge >= 0.3 is 0 Å². The van der Waals surface area contributed by atoms with Crippen molar-refractivity contribution < 1.29 is 0 Å². The third kappa shape index (κ3) is 2.18. The van der Waals surface area contributed by atoms with E-state index in [0.717, 1.165) is 6.54 Å². The number of nitrogen functional groups attached to an aromatic ring is 1. The molecule has 0 saturated heterocycles. The van der Waals surface area contributed by atoms with Gasteiger partial charge in [0.25, 0.3) is 0 Å². The molecule has 0 fully saturated rings. The van der Waals surface area contributed by atoms with Crippen molar-refractivity contribution in [2.24, 2.45) is 5.92 Å². The van der Waals surface area contributed by atoms with Gasteiger partial charge in [0.2, 0.25) is 5.95 Å². The Labute approximate surface area is 73.9 Å². The SMILES string of the molecule is CC(C)Cn1nc(N)nc1Br. The van der Waals surface area contributed by atoms with Crippen molar-refractivity contribution in [3.05, 3.63) is 4.73 Å². The average Bonchev–Trinajstić information content (AvgIpc) is 2.09. The van der Waals surface area contributed by atoms with Crippen LogP contribution in [-0.4, -0.2) is 14.8 Å². The molecule has 0 unspecified atom stereocenters. The number of aromatic nitrogens is 3. The zero-order valence-electron chi connectivity index (χ0n) is 6.58. The van der Waals surface area contributed by atoms with Gasteiger partial charge in [-0.1, -0.05) is 13.8 Å². The van der Waals surface area contributed by atoms with Crippen LogP contribution in [0.15, 0.2) is 4.73 Å². The minimum absolute atomic E-state index is 0.317. The first-order valence-corrected chi connectivity index (χ1v) is 4.24. The average molecular weight is 219 g/mol. The lowest BCUT2D eigenvalue weighted by Crippen LogP contribution is -2.06. The summed E-state index contributed by atoms with van der Waals surface area (Å²) in [5.41, 5.74) is 5.38. The van der Waals surface area contributed by atoms with Crippen molar-refractivity contribution in [1.82, 2.24) is 14.8 Å². The summed E-state index contributed by atoms with van der Waals surface area (Å²) in [4.78, 5) is 3.91. The summed E-state index contributed by atoms with van der Waals surface area (Å²) in [5.74, 6) is 0.866. The summed E-state index contributed by atoms with van der Waals surface area (Å²) >= 11 is 3.25. The van der Waals surface area contributed by atoms with Crippen LogP contribution in [0.3, 0.4) is 0 Å². The van der Waals surface area contributed by atoms with E-state index in [1.807, 2.05) is 0 Å². The third-order valence-corrected chi connectivity index (χ3v) is 1.77. The summed E-state index contributed by atoms with van der Waals surface area (Å²) in [7, 11) is 0. The first kappa shape index (κ1) is 8.52. The zero-order chi connectivity index (χ0) is 8.43. The van der Waals surface area contributed by atoms with Gasteiger partial charge in [-0.25, -0.2) is 4.68 Å². The second kappa shape index (κ2) is 3.21. The van der Waals surface area contributed by atoms with Crippen LogP contribution in [-0.2, 0) is 6.54 Å². The third-order valence-electron chi connectivity index (χ3n) is 1.18. The van der Waals surface area contributed by atoms with Crippen LogP contribution in [0.1, 0.15) is 13.8 Å². The predicted molar refractivity (Wildman–Crippen MR) is 47.0 cm³/mol. The van der Waals surface area contributed by atoms with E-state index in [2.05, 4.69) is 39.9 Å². The minimum Gasteiger partial charge on any atom is -0.366 e. The fraction of sp³-hybridized carbons (Fsp3) is 0.667. The topological polar surface area (TPSA) is 56.7 Å². The molecule has 0 saturated carbocycles. The van der Waals surface area contributed by atoms with E-state index >= 15 is 0 Å². The van der Waals surface area contributed by atoms with E-state index in [-0.39, 0.29) is 0 Å².